The molecule has 6 rings (SSSR count). The molecule has 4 fully saturated rings. The lowest BCUT2D eigenvalue weighted by Crippen LogP contribution is -2.60. The molecule has 2 N–H and O–H groups in total. The lowest BCUT2D eigenvalue weighted by Gasteiger charge is -2.56. The molecule has 9 nitrogen and oxygen atoms in total. The Morgan fingerprint density at radius 3 is 2.34 bits per heavy atom. The van der Waals surface area contributed by atoms with E-state index in [1.165, 1.54) is 37.1 Å². The van der Waals surface area contributed by atoms with Crippen molar-refractivity contribution in [3.63, 3.8) is 0 Å². The van der Waals surface area contributed by atoms with Crippen molar-refractivity contribution in [1.82, 2.24) is 5.32 Å². The van der Waals surface area contributed by atoms with Crippen molar-refractivity contribution >= 4 is 40.9 Å². The topological polar surface area (TPSA) is 128 Å². The first-order chi connectivity index (χ1) is 18.2. The molecule has 4 bridgehead atoms. The summed E-state index contributed by atoms with van der Waals surface area (Å²) in [5.74, 6) is -0.224. The van der Waals surface area contributed by atoms with Gasteiger partial charge >= 0.3 is 11.7 Å². The van der Waals surface area contributed by atoms with Gasteiger partial charge in [-0.25, -0.2) is 4.79 Å². The van der Waals surface area contributed by atoms with Crippen LogP contribution in [0.1, 0.15) is 48.9 Å². The molecule has 38 heavy (non-hydrogen) atoms. The number of benzene rings is 2. The minimum absolute atomic E-state index is 0.000130. The lowest BCUT2D eigenvalue weighted by molar-refractivity contribution is -0.387. The monoisotopic (exact) mass is 541 g/mol. The van der Waals surface area contributed by atoms with Gasteiger partial charge in [-0.1, -0.05) is 12.1 Å². The third kappa shape index (κ3) is 5.82. The van der Waals surface area contributed by atoms with Gasteiger partial charge in [0.2, 0.25) is 11.7 Å². The third-order valence-electron chi connectivity index (χ3n) is 7.67. The van der Waals surface area contributed by atoms with E-state index in [-0.39, 0.29) is 28.4 Å². The summed E-state index contributed by atoms with van der Waals surface area (Å²) in [7, 11) is 0. The lowest BCUT2D eigenvalue weighted by atomic mass is 9.53. The fraction of sp³-hybridized carbons (Fsp3) is 0.444. The Labute approximate surface area is 223 Å². The summed E-state index contributed by atoms with van der Waals surface area (Å²) in [4.78, 5) is 48.3. The molecule has 200 valence electrons. The van der Waals surface area contributed by atoms with Crippen LogP contribution in [-0.4, -0.2) is 40.6 Å². The molecule has 0 aliphatic heterocycles. The van der Waals surface area contributed by atoms with Gasteiger partial charge in [0.15, 0.2) is 6.61 Å². The number of carbonyl (C=O) groups excluding carboxylic acids is 3. The number of nitro benzene ring substituents is 1. The second-order valence-corrected chi connectivity index (χ2v) is 11.6. The summed E-state index contributed by atoms with van der Waals surface area (Å²) in [5, 5.41) is 16.5. The molecule has 0 atom stereocenters. The van der Waals surface area contributed by atoms with E-state index in [1.807, 2.05) is 0 Å². The quantitative estimate of drug-likeness (QED) is 0.204. The van der Waals surface area contributed by atoms with Gasteiger partial charge in [0.1, 0.15) is 0 Å². The van der Waals surface area contributed by atoms with Crippen molar-refractivity contribution < 1.29 is 28.4 Å². The van der Waals surface area contributed by atoms with Crippen LogP contribution >= 0.6 is 11.8 Å². The summed E-state index contributed by atoms with van der Waals surface area (Å²) in [6.07, 6.45) is 7.06. The highest BCUT2D eigenvalue weighted by atomic mass is 32.2. The molecule has 11 heteroatoms. The van der Waals surface area contributed by atoms with Crippen LogP contribution in [0.25, 0.3) is 0 Å². The Morgan fingerprint density at radius 1 is 1.03 bits per heavy atom. The summed E-state index contributed by atoms with van der Waals surface area (Å²) in [5.41, 5.74) is -0.633. The predicted molar refractivity (Wildman–Crippen MR) is 138 cm³/mol. The molecule has 0 radical (unpaired) electrons. The van der Waals surface area contributed by atoms with Crippen LogP contribution in [0.15, 0.2) is 47.4 Å². The van der Waals surface area contributed by atoms with Gasteiger partial charge in [-0.2, -0.15) is 4.39 Å². The van der Waals surface area contributed by atoms with E-state index < -0.39 is 34.9 Å². The number of esters is 1. The molecular formula is C27H28FN3O6S. The van der Waals surface area contributed by atoms with Gasteiger partial charge < -0.3 is 15.4 Å². The Bertz CT molecular complexity index is 1250. The molecule has 0 aromatic heterocycles. The van der Waals surface area contributed by atoms with Crippen LogP contribution in [-0.2, 0) is 14.3 Å². The number of nitrogens with one attached hydrogen (secondary N) is 2. The molecule has 2 amide bonds. The zero-order chi connectivity index (χ0) is 26.9. The molecule has 0 saturated heterocycles. The molecule has 0 spiro atoms. The van der Waals surface area contributed by atoms with E-state index in [0.29, 0.717) is 4.90 Å². The number of thioether (sulfide) groups is 1. The minimum Gasteiger partial charge on any atom is -0.452 e. The normalized spacial score (nSPS) is 25.0. The zero-order valence-corrected chi connectivity index (χ0v) is 21.4. The first-order valence-corrected chi connectivity index (χ1v) is 13.6. The number of halogens is 1. The van der Waals surface area contributed by atoms with E-state index in [1.54, 1.807) is 24.3 Å². The number of nitrogens with zero attached hydrogens (tertiary/aromatic N) is 1. The molecule has 0 heterocycles. The maximum atomic E-state index is 13.5. The Kier molecular flexibility index (Phi) is 7.38. The number of rotatable bonds is 9. The molecule has 2 aromatic carbocycles. The highest BCUT2D eigenvalue weighted by Crippen LogP contribution is 2.55. The summed E-state index contributed by atoms with van der Waals surface area (Å²) >= 11 is 1.24. The van der Waals surface area contributed by atoms with Crippen molar-refractivity contribution in [2.75, 3.05) is 17.7 Å². The zero-order valence-electron chi connectivity index (χ0n) is 20.6. The number of hydrogen-bond acceptors (Lipinski definition) is 7. The van der Waals surface area contributed by atoms with Crippen LogP contribution in [0, 0.1) is 33.7 Å². The van der Waals surface area contributed by atoms with E-state index in [0.717, 1.165) is 49.1 Å². The summed E-state index contributed by atoms with van der Waals surface area (Å²) < 4.78 is 18.6. The molecule has 4 aliphatic rings. The maximum absolute atomic E-state index is 13.5. The SMILES string of the molecule is O=C(COC(=O)c1ccccc1SCC(=O)NC12CC3CC(CC(C3)C1)C2)Nc1ccc(F)c([N+](=O)[O-])c1. The predicted octanol–water partition coefficient (Wildman–Crippen LogP) is 4.71. The van der Waals surface area contributed by atoms with Gasteiger partial charge in [-0.3, -0.25) is 19.7 Å². The van der Waals surface area contributed by atoms with Crippen LogP contribution < -0.4 is 10.6 Å². The van der Waals surface area contributed by atoms with Crippen LogP contribution in [0.5, 0.6) is 0 Å². The van der Waals surface area contributed by atoms with Gasteiger partial charge in [-0.15, -0.1) is 11.8 Å². The van der Waals surface area contributed by atoms with E-state index >= 15 is 0 Å². The molecular weight excluding hydrogens is 513 g/mol. The average Bonchev–Trinajstić information content (AvgIpc) is 2.86. The first kappa shape index (κ1) is 26.1. The fourth-order valence-electron chi connectivity index (χ4n) is 6.64. The van der Waals surface area contributed by atoms with Crippen LogP contribution in [0.2, 0.25) is 0 Å². The molecule has 0 unspecified atom stereocenters. The van der Waals surface area contributed by atoms with E-state index in [4.69, 9.17) is 4.74 Å². The number of hydrogen-bond donors (Lipinski definition) is 2. The van der Waals surface area contributed by atoms with Gasteiger partial charge in [-0.05, 0) is 80.5 Å². The number of anilines is 1. The van der Waals surface area contributed by atoms with Crippen molar-refractivity contribution in [3.05, 3.63) is 64.0 Å². The van der Waals surface area contributed by atoms with E-state index in [9.17, 15) is 28.9 Å². The van der Waals surface area contributed by atoms with Crippen molar-refractivity contribution in [2.45, 2.75) is 49.0 Å². The smallest absolute Gasteiger partial charge is 0.339 e. The maximum Gasteiger partial charge on any atom is 0.339 e. The van der Waals surface area contributed by atoms with Gasteiger partial charge in [0, 0.05) is 22.2 Å². The third-order valence-corrected chi connectivity index (χ3v) is 8.74. The Morgan fingerprint density at radius 2 is 1.68 bits per heavy atom. The number of ether oxygens (including phenoxy) is 1. The molecule has 4 aliphatic carbocycles. The highest BCUT2D eigenvalue weighted by molar-refractivity contribution is 8.00. The van der Waals surface area contributed by atoms with Crippen molar-refractivity contribution in [1.29, 1.82) is 0 Å². The number of nitro groups is 1. The Balaban J connectivity index is 1.14. The minimum atomic E-state index is -1.03. The number of carbonyl (C=O) groups is 3. The molecule has 2 aromatic rings. The molecule has 4 saturated carbocycles. The van der Waals surface area contributed by atoms with Gasteiger partial charge in [0.25, 0.3) is 5.91 Å². The summed E-state index contributed by atoms with van der Waals surface area (Å²) in [6.45, 7) is -0.643. The first-order valence-electron chi connectivity index (χ1n) is 12.6. The fourth-order valence-corrected chi connectivity index (χ4v) is 7.48. The van der Waals surface area contributed by atoms with Crippen LogP contribution in [0.3, 0.4) is 0 Å². The summed E-state index contributed by atoms with van der Waals surface area (Å²) in [6, 6.07) is 9.61. The number of amides is 2. The highest BCUT2D eigenvalue weighted by Gasteiger charge is 2.51. The van der Waals surface area contributed by atoms with E-state index in [2.05, 4.69) is 10.6 Å². The second kappa shape index (κ2) is 10.7. The standard InChI is InChI=1S/C27H28FN3O6S/c28-21-6-5-19(10-22(21)31(35)36)29-24(32)14-37-26(34)20-3-1-2-4-23(20)38-15-25(33)30-27-11-16-7-17(12-27)9-18(8-16)13-27/h1-6,10,16-18H,7-9,11-15H2,(H,29,32)(H,30,33). The average molecular weight is 542 g/mol. The van der Waals surface area contributed by atoms with Crippen molar-refractivity contribution in [2.24, 2.45) is 17.8 Å². The Hall–Kier alpha value is -3.47. The largest absolute Gasteiger partial charge is 0.452 e. The van der Waals surface area contributed by atoms with Crippen LogP contribution in [0.4, 0.5) is 15.8 Å². The van der Waals surface area contributed by atoms with Crippen molar-refractivity contribution in [3.8, 4) is 0 Å². The second-order valence-electron chi connectivity index (χ2n) is 10.6. The van der Waals surface area contributed by atoms with Gasteiger partial charge in [0.05, 0.1) is 16.2 Å².